The molecule has 0 aliphatic heterocycles. The van der Waals surface area contributed by atoms with E-state index in [2.05, 4.69) is 0 Å². The van der Waals surface area contributed by atoms with Crippen LogP contribution in [-0.4, -0.2) is 23.9 Å². The SMILES string of the molecule is CCN(CC)C(=O)[C@@H]1CC[C@@H]1C(N)c1cccc(F)c1. The molecule has 1 fully saturated rings. The van der Waals surface area contributed by atoms with E-state index >= 15 is 0 Å². The fraction of sp³-hybridized carbons (Fsp3) is 0.562. The molecule has 2 N–H and O–H groups in total. The van der Waals surface area contributed by atoms with E-state index in [-0.39, 0.29) is 29.6 Å². The van der Waals surface area contributed by atoms with Crippen LogP contribution < -0.4 is 5.73 Å². The van der Waals surface area contributed by atoms with Crippen molar-refractivity contribution in [2.75, 3.05) is 13.1 Å². The molecule has 1 aliphatic carbocycles. The molecule has 1 aromatic rings. The van der Waals surface area contributed by atoms with Crippen molar-refractivity contribution in [3.05, 3.63) is 35.6 Å². The Bertz CT molecular complexity index is 473. The maximum Gasteiger partial charge on any atom is 0.226 e. The van der Waals surface area contributed by atoms with E-state index in [0.717, 1.165) is 31.5 Å². The van der Waals surface area contributed by atoms with E-state index in [0.29, 0.717) is 0 Å². The second-order valence-corrected chi connectivity index (χ2v) is 5.44. The number of amides is 1. The lowest BCUT2D eigenvalue weighted by atomic mass is 9.67. The number of halogens is 1. The summed E-state index contributed by atoms with van der Waals surface area (Å²) in [6.45, 7) is 5.44. The van der Waals surface area contributed by atoms with Crippen molar-refractivity contribution in [1.29, 1.82) is 0 Å². The highest BCUT2D eigenvalue weighted by atomic mass is 19.1. The first kappa shape index (κ1) is 15.0. The fourth-order valence-electron chi connectivity index (χ4n) is 2.99. The molecule has 1 amide bonds. The summed E-state index contributed by atoms with van der Waals surface area (Å²) in [5.41, 5.74) is 7.03. The Morgan fingerprint density at radius 3 is 2.60 bits per heavy atom. The minimum Gasteiger partial charge on any atom is -0.343 e. The van der Waals surface area contributed by atoms with Crippen molar-refractivity contribution in [1.82, 2.24) is 4.90 Å². The van der Waals surface area contributed by atoms with Gasteiger partial charge in [-0.1, -0.05) is 12.1 Å². The Morgan fingerprint density at radius 1 is 1.40 bits per heavy atom. The molecule has 2 rings (SSSR count). The van der Waals surface area contributed by atoms with Crippen LogP contribution in [0.25, 0.3) is 0 Å². The number of nitrogens with two attached hydrogens (primary N) is 1. The second kappa shape index (κ2) is 6.35. The molecule has 110 valence electrons. The lowest BCUT2D eigenvalue weighted by Crippen LogP contribution is -2.46. The van der Waals surface area contributed by atoms with Crippen molar-refractivity contribution in [2.45, 2.75) is 32.7 Å². The number of hydrogen-bond acceptors (Lipinski definition) is 2. The molecular weight excluding hydrogens is 255 g/mol. The molecule has 1 aromatic carbocycles. The van der Waals surface area contributed by atoms with Gasteiger partial charge in [0.05, 0.1) is 0 Å². The summed E-state index contributed by atoms with van der Waals surface area (Å²) < 4.78 is 13.3. The molecule has 1 aliphatic rings. The van der Waals surface area contributed by atoms with Gasteiger partial charge < -0.3 is 10.6 Å². The molecule has 3 nitrogen and oxygen atoms in total. The number of hydrogen-bond donors (Lipinski definition) is 1. The van der Waals surface area contributed by atoms with Crippen molar-refractivity contribution in [3.8, 4) is 0 Å². The third-order valence-electron chi connectivity index (χ3n) is 4.41. The third-order valence-corrected chi connectivity index (χ3v) is 4.41. The molecule has 0 bridgehead atoms. The quantitative estimate of drug-likeness (QED) is 0.900. The van der Waals surface area contributed by atoms with Gasteiger partial charge in [-0.3, -0.25) is 4.79 Å². The first-order chi connectivity index (χ1) is 9.58. The smallest absolute Gasteiger partial charge is 0.226 e. The van der Waals surface area contributed by atoms with E-state index in [9.17, 15) is 9.18 Å². The van der Waals surface area contributed by atoms with Gasteiger partial charge in [0, 0.05) is 25.0 Å². The normalized spacial score (nSPS) is 23.0. The van der Waals surface area contributed by atoms with E-state index in [1.807, 2.05) is 24.8 Å². The van der Waals surface area contributed by atoms with Gasteiger partial charge in [-0.05, 0) is 50.3 Å². The van der Waals surface area contributed by atoms with Crippen LogP contribution in [0.3, 0.4) is 0 Å². The largest absolute Gasteiger partial charge is 0.343 e. The van der Waals surface area contributed by atoms with E-state index < -0.39 is 0 Å². The summed E-state index contributed by atoms with van der Waals surface area (Å²) in [4.78, 5) is 14.3. The Kier molecular flexibility index (Phi) is 4.76. The summed E-state index contributed by atoms with van der Waals surface area (Å²) in [7, 11) is 0. The van der Waals surface area contributed by atoms with Gasteiger partial charge in [0.2, 0.25) is 5.91 Å². The zero-order chi connectivity index (χ0) is 14.7. The first-order valence-corrected chi connectivity index (χ1v) is 7.38. The maximum absolute atomic E-state index is 13.3. The van der Waals surface area contributed by atoms with Crippen LogP contribution in [0.5, 0.6) is 0 Å². The molecule has 3 atom stereocenters. The molecule has 0 aromatic heterocycles. The number of benzene rings is 1. The van der Waals surface area contributed by atoms with Crippen molar-refractivity contribution < 1.29 is 9.18 Å². The molecule has 1 saturated carbocycles. The van der Waals surface area contributed by atoms with Gasteiger partial charge in [0.15, 0.2) is 0 Å². The first-order valence-electron chi connectivity index (χ1n) is 7.38. The van der Waals surface area contributed by atoms with E-state index in [1.165, 1.54) is 12.1 Å². The topological polar surface area (TPSA) is 46.3 Å². The fourth-order valence-corrected chi connectivity index (χ4v) is 2.99. The third kappa shape index (κ3) is 2.85. The molecule has 20 heavy (non-hydrogen) atoms. The minimum absolute atomic E-state index is 0.00633. The van der Waals surface area contributed by atoms with Crippen LogP contribution in [0, 0.1) is 17.7 Å². The maximum atomic E-state index is 13.3. The molecule has 4 heteroatoms. The van der Waals surface area contributed by atoms with Crippen LogP contribution in [0.4, 0.5) is 4.39 Å². The summed E-state index contributed by atoms with van der Waals surface area (Å²) in [6.07, 6.45) is 1.83. The van der Waals surface area contributed by atoms with Gasteiger partial charge in [-0.2, -0.15) is 0 Å². The van der Waals surface area contributed by atoms with Gasteiger partial charge >= 0.3 is 0 Å². The van der Waals surface area contributed by atoms with E-state index in [4.69, 9.17) is 5.73 Å². The molecule has 1 unspecified atom stereocenters. The predicted octanol–water partition coefficient (Wildman–Crippen LogP) is 2.72. The lowest BCUT2D eigenvalue weighted by molar-refractivity contribution is -0.141. The monoisotopic (exact) mass is 278 g/mol. The highest BCUT2D eigenvalue weighted by molar-refractivity contribution is 5.80. The number of carbonyl (C=O) groups excluding carboxylic acids is 1. The summed E-state index contributed by atoms with van der Waals surface area (Å²) in [5, 5.41) is 0. The molecular formula is C16H23FN2O. The Hall–Kier alpha value is -1.42. The standard InChI is InChI=1S/C16H23FN2O/c1-3-19(4-2)16(20)14-9-8-13(14)15(18)11-6-5-7-12(17)10-11/h5-7,10,13-15H,3-4,8-9,18H2,1-2H3/t13-,14+,15?/m0/s1. The van der Waals surface area contributed by atoms with Crippen molar-refractivity contribution in [3.63, 3.8) is 0 Å². The number of rotatable bonds is 5. The van der Waals surface area contributed by atoms with Crippen molar-refractivity contribution >= 4 is 5.91 Å². The Morgan fingerprint density at radius 2 is 2.10 bits per heavy atom. The highest BCUT2D eigenvalue weighted by Crippen LogP contribution is 2.42. The average molecular weight is 278 g/mol. The molecule has 0 spiro atoms. The number of nitrogens with zero attached hydrogens (tertiary/aromatic N) is 1. The molecule has 0 saturated heterocycles. The molecule has 0 heterocycles. The lowest BCUT2D eigenvalue weighted by Gasteiger charge is -2.41. The van der Waals surface area contributed by atoms with Crippen LogP contribution in [0.1, 0.15) is 38.3 Å². The van der Waals surface area contributed by atoms with Crippen LogP contribution >= 0.6 is 0 Å². The van der Waals surface area contributed by atoms with Gasteiger partial charge in [0.1, 0.15) is 5.82 Å². The summed E-state index contributed by atoms with van der Waals surface area (Å²) >= 11 is 0. The number of carbonyl (C=O) groups is 1. The Balaban J connectivity index is 2.08. The van der Waals surface area contributed by atoms with Crippen LogP contribution in [0.2, 0.25) is 0 Å². The van der Waals surface area contributed by atoms with Crippen LogP contribution in [0.15, 0.2) is 24.3 Å². The molecule has 0 radical (unpaired) electrons. The van der Waals surface area contributed by atoms with Gasteiger partial charge in [0.25, 0.3) is 0 Å². The Labute approximate surface area is 120 Å². The highest BCUT2D eigenvalue weighted by Gasteiger charge is 2.41. The van der Waals surface area contributed by atoms with Crippen LogP contribution in [-0.2, 0) is 4.79 Å². The summed E-state index contributed by atoms with van der Waals surface area (Å²) in [6, 6.07) is 6.14. The minimum atomic E-state index is -0.274. The zero-order valence-electron chi connectivity index (χ0n) is 12.2. The summed E-state index contributed by atoms with van der Waals surface area (Å²) in [5.74, 6) is 0.0417. The second-order valence-electron chi connectivity index (χ2n) is 5.44. The van der Waals surface area contributed by atoms with Crippen molar-refractivity contribution in [2.24, 2.45) is 17.6 Å². The predicted molar refractivity (Wildman–Crippen MR) is 77.5 cm³/mol. The van der Waals surface area contributed by atoms with Gasteiger partial charge in [-0.25, -0.2) is 4.39 Å². The zero-order valence-corrected chi connectivity index (χ0v) is 12.2. The van der Waals surface area contributed by atoms with E-state index in [1.54, 1.807) is 6.07 Å². The van der Waals surface area contributed by atoms with Gasteiger partial charge in [-0.15, -0.1) is 0 Å². The average Bonchev–Trinajstić information content (AvgIpc) is 2.38.